The van der Waals surface area contributed by atoms with Gasteiger partial charge in [-0.1, -0.05) is 24.3 Å². The van der Waals surface area contributed by atoms with Crippen LogP contribution in [0.4, 0.5) is 5.82 Å². The zero-order valence-electron chi connectivity index (χ0n) is 14.0. The Balaban J connectivity index is 1.52. The fourth-order valence-corrected chi connectivity index (χ4v) is 3.00. The number of benzene rings is 1. The highest BCUT2D eigenvalue weighted by molar-refractivity contribution is 5.92. The van der Waals surface area contributed by atoms with Crippen LogP contribution in [0.15, 0.2) is 59.3 Å². The molecule has 2 aromatic heterocycles. The summed E-state index contributed by atoms with van der Waals surface area (Å²) in [5.74, 6) is -0.222. The number of carbonyl (C=O) groups excluding carboxylic acids is 1. The molecular weight excluding hydrogens is 334 g/mol. The summed E-state index contributed by atoms with van der Waals surface area (Å²) in [4.78, 5) is 21.0. The minimum Gasteiger partial charge on any atom is -0.538 e. The van der Waals surface area contributed by atoms with Gasteiger partial charge >= 0.3 is 11.6 Å². The lowest BCUT2D eigenvalue weighted by Crippen LogP contribution is -2.52. The largest absolute Gasteiger partial charge is 0.538 e. The lowest BCUT2D eigenvalue weighted by atomic mass is 10.2. The van der Waals surface area contributed by atoms with Gasteiger partial charge in [-0.25, -0.2) is 4.98 Å². The van der Waals surface area contributed by atoms with Crippen LogP contribution < -0.4 is 14.7 Å². The number of pyridine rings is 1. The monoisotopic (exact) mass is 351 g/mol. The van der Waals surface area contributed by atoms with Crippen LogP contribution in [0.3, 0.4) is 0 Å². The molecule has 8 nitrogen and oxygen atoms in total. The number of para-hydroxylation sites is 1. The van der Waals surface area contributed by atoms with E-state index in [-0.39, 0.29) is 11.6 Å². The predicted octanol–water partition coefficient (Wildman–Crippen LogP) is 0.382. The van der Waals surface area contributed by atoms with Crippen molar-refractivity contribution in [1.82, 2.24) is 15.2 Å². The van der Waals surface area contributed by atoms with Gasteiger partial charge in [-0.15, -0.1) is 0 Å². The van der Waals surface area contributed by atoms with E-state index in [0.29, 0.717) is 31.9 Å². The Morgan fingerprint density at radius 1 is 1.04 bits per heavy atom. The van der Waals surface area contributed by atoms with Crippen molar-refractivity contribution in [2.75, 3.05) is 31.1 Å². The summed E-state index contributed by atoms with van der Waals surface area (Å²) in [6.45, 7) is 2.28. The topological polar surface area (TPSA) is 89.4 Å². The second-order valence-corrected chi connectivity index (χ2v) is 5.92. The van der Waals surface area contributed by atoms with Crippen molar-refractivity contribution in [3.05, 3.63) is 60.4 Å². The first-order valence-electron chi connectivity index (χ1n) is 8.34. The molecule has 0 radical (unpaired) electrons. The second kappa shape index (κ2) is 6.83. The smallest absolute Gasteiger partial charge is 0.327 e. The number of amides is 1. The van der Waals surface area contributed by atoms with Gasteiger partial charge in [0, 0.05) is 44.5 Å². The van der Waals surface area contributed by atoms with E-state index in [1.807, 2.05) is 24.3 Å². The van der Waals surface area contributed by atoms with Crippen molar-refractivity contribution in [1.29, 1.82) is 0 Å². The highest BCUT2D eigenvalue weighted by Gasteiger charge is 2.33. The van der Waals surface area contributed by atoms with Gasteiger partial charge < -0.3 is 19.4 Å². The Hall–Kier alpha value is -3.42. The van der Waals surface area contributed by atoms with E-state index in [1.54, 1.807) is 35.4 Å². The lowest BCUT2D eigenvalue weighted by molar-refractivity contribution is -0.672. The van der Waals surface area contributed by atoms with Gasteiger partial charge in [-0.05, 0) is 16.8 Å². The van der Waals surface area contributed by atoms with Gasteiger partial charge in [0.15, 0.2) is 5.95 Å². The summed E-state index contributed by atoms with van der Waals surface area (Å²) in [7, 11) is 0. The van der Waals surface area contributed by atoms with E-state index in [1.165, 1.54) is 4.68 Å². The number of anilines is 1. The molecule has 0 atom stereocenters. The van der Waals surface area contributed by atoms with Crippen LogP contribution in [-0.4, -0.2) is 47.2 Å². The molecule has 1 aliphatic heterocycles. The molecule has 0 unspecified atom stereocenters. The van der Waals surface area contributed by atoms with Crippen LogP contribution >= 0.6 is 0 Å². The van der Waals surface area contributed by atoms with Gasteiger partial charge in [-0.2, -0.15) is 0 Å². The maximum atomic E-state index is 12.9. The Bertz CT molecular complexity index is 890. The van der Waals surface area contributed by atoms with Crippen LogP contribution in [0, 0.1) is 0 Å². The second-order valence-electron chi connectivity index (χ2n) is 5.92. The molecule has 0 aliphatic carbocycles. The molecule has 8 heteroatoms. The van der Waals surface area contributed by atoms with Crippen molar-refractivity contribution >= 4 is 11.7 Å². The quantitative estimate of drug-likeness (QED) is 0.634. The zero-order valence-corrected chi connectivity index (χ0v) is 14.0. The lowest BCUT2D eigenvalue weighted by Gasteiger charge is -2.34. The first kappa shape index (κ1) is 16.1. The van der Waals surface area contributed by atoms with Gasteiger partial charge in [0.2, 0.25) is 5.69 Å². The van der Waals surface area contributed by atoms with Crippen molar-refractivity contribution in [3.8, 4) is 11.6 Å². The molecule has 3 heterocycles. The first-order valence-corrected chi connectivity index (χ1v) is 8.34. The molecular formula is C18H17N5O3. The van der Waals surface area contributed by atoms with E-state index in [2.05, 4.69) is 15.2 Å². The average Bonchev–Trinajstić information content (AvgIpc) is 3.10. The molecule has 0 N–H and O–H groups in total. The van der Waals surface area contributed by atoms with Gasteiger partial charge in [0.05, 0.1) is 5.27 Å². The minimum atomic E-state index is -0.731. The summed E-state index contributed by atoms with van der Waals surface area (Å²) < 4.78 is 6.00. The van der Waals surface area contributed by atoms with Crippen molar-refractivity contribution in [3.63, 3.8) is 0 Å². The molecule has 132 valence electrons. The maximum absolute atomic E-state index is 12.9. The van der Waals surface area contributed by atoms with Crippen molar-refractivity contribution in [2.45, 2.75) is 0 Å². The normalized spacial score (nSPS) is 14.5. The van der Waals surface area contributed by atoms with Crippen LogP contribution in [0.25, 0.3) is 5.69 Å². The van der Waals surface area contributed by atoms with E-state index in [4.69, 9.17) is 4.52 Å². The minimum absolute atomic E-state index is 0.0810. The van der Waals surface area contributed by atoms with Gasteiger partial charge in [0.25, 0.3) is 0 Å². The van der Waals surface area contributed by atoms with Crippen LogP contribution in [0.1, 0.15) is 10.5 Å². The summed E-state index contributed by atoms with van der Waals surface area (Å²) in [5.41, 5.74) is 0.524. The summed E-state index contributed by atoms with van der Waals surface area (Å²) in [6, 6.07) is 14.7. The Morgan fingerprint density at radius 3 is 2.46 bits per heavy atom. The number of carbonyl (C=O) groups is 1. The summed E-state index contributed by atoms with van der Waals surface area (Å²) >= 11 is 0. The first-order chi connectivity index (χ1) is 12.7. The summed E-state index contributed by atoms with van der Waals surface area (Å²) in [6.07, 6.45) is 1.75. The van der Waals surface area contributed by atoms with Gasteiger partial charge in [-0.3, -0.25) is 4.79 Å². The Kier molecular flexibility index (Phi) is 4.22. The molecule has 0 saturated carbocycles. The molecule has 4 rings (SSSR count). The molecule has 3 aromatic rings. The van der Waals surface area contributed by atoms with Crippen molar-refractivity contribution in [2.24, 2.45) is 0 Å². The number of rotatable bonds is 3. The molecule has 1 aliphatic rings. The SMILES string of the molecule is O=C(c1c([O-])on[n+]1-c1ccccc1)N1CCN(c2ccccn2)CC1. The summed E-state index contributed by atoms with van der Waals surface area (Å²) in [5, 5.41) is 15.8. The maximum Gasteiger partial charge on any atom is 0.327 e. The number of hydrogen-bond donors (Lipinski definition) is 0. The molecule has 1 fully saturated rings. The highest BCUT2D eigenvalue weighted by Crippen LogP contribution is 2.17. The van der Waals surface area contributed by atoms with E-state index in [9.17, 15) is 9.90 Å². The number of nitrogens with zero attached hydrogens (tertiary/aromatic N) is 5. The van der Waals surface area contributed by atoms with Gasteiger partial charge in [0.1, 0.15) is 5.82 Å². The third-order valence-corrected chi connectivity index (χ3v) is 4.35. The molecule has 1 saturated heterocycles. The zero-order chi connectivity index (χ0) is 17.9. The Morgan fingerprint density at radius 2 is 1.77 bits per heavy atom. The fourth-order valence-electron chi connectivity index (χ4n) is 3.00. The molecule has 1 aromatic carbocycles. The van der Waals surface area contributed by atoms with E-state index in [0.717, 1.165) is 5.82 Å². The Labute approximate surface area is 149 Å². The molecule has 0 bridgehead atoms. The standard InChI is InChI=1S/C18H17N5O3/c24-17(16-18(25)26-20-23(16)14-6-2-1-3-7-14)22-12-10-21(11-13-22)15-8-4-5-9-19-15/h1-9H,10-13H2. The van der Waals surface area contributed by atoms with E-state index >= 15 is 0 Å². The van der Waals surface area contributed by atoms with Crippen LogP contribution in [0.2, 0.25) is 0 Å². The number of aromatic nitrogens is 3. The molecule has 0 spiro atoms. The van der Waals surface area contributed by atoms with Crippen LogP contribution in [-0.2, 0) is 0 Å². The number of hydrogen-bond acceptors (Lipinski definition) is 6. The highest BCUT2D eigenvalue weighted by atomic mass is 16.6. The van der Waals surface area contributed by atoms with Crippen molar-refractivity contribution < 1.29 is 19.1 Å². The van der Waals surface area contributed by atoms with Crippen LogP contribution in [0.5, 0.6) is 5.95 Å². The third-order valence-electron chi connectivity index (χ3n) is 4.35. The third kappa shape index (κ3) is 2.97. The fraction of sp³-hybridized carbons (Fsp3) is 0.222. The molecule has 26 heavy (non-hydrogen) atoms. The molecule has 1 amide bonds. The number of piperazine rings is 1. The average molecular weight is 351 g/mol. The predicted molar refractivity (Wildman–Crippen MR) is 89.8 cm³/mol. The van der Waals surface area contributed by atoms with E-state index < -0.39 is 5.95 Å².